The van der Waals surface area contributed by atoms with Crippen LogP contribution in [-0.4, -0.2) is 61.2 Å². The molecule has 0 aromatic heterocycles. The average molecular weight is 258 g/mol. The Morgan fingerprint density at radius 3 is 3.00 bits per heavy atom. The molecule has 2 fully saturated rings. The fourth-order valence-electron chi connectivity index (χ4n) is 2.53. The van der Waals surface area contributed by atoms with Gasteiger partial charge >= 0.3 is 0 Å². The zero-order valence-corrected chi connectivity index (χ0v) is 11.3. The van der Waals surface area contributed by atoms with Crippen LogP contribution in [0.1, 0.15) is 19.3 Å². The average Bonchev–Trinajstić information content (AvgIpc) is 3.02. The predicted octanol–water partition coefficient (Wildman–Crippen LogP) is 0.719. The van der Waals surface area contributed by atoms with Crippen LogP contribution in [0.2, 0.25) is 0 Å². The van der Waals surface area contributed by atoms with Gasteiger partial charge in [0.05, 0.1) is 12.6 Å². The number of methoxy groups -OCH3 is 1. The Morgan fingerprint density at radius 1 is 1.53 bits per heavy atom. The summed E-state index contributed by atoms with van der Waals surface area (Å²) < 4.78 is 5.12. The Morgan fingerprint density at radius 2 is 2.41 bits per heavy atom. The van der Waals surface area contributed by atoms with Gasteiger partial charge in [0.1, 0.15) is 0 Å². The van der Waals surface area contributed by atoms with Crippen molar-refractivity contribution in [1.82, 2.24) is 10.2 Å². The first-order valence-corrected chi connectivity index (χ1v) is 7.59. The van der Waals surface area contributed by atoms with Gasteiger partial charge in [-0.3, -0.25) is 4.79 Å². The molecule has 0 bridgehead atoms. The van der Waals surface area contributed by atoms with Crippen molar-refractivity contribution in [3.63, 3.8) is 0 Å². The second-order valence-electron chi connectivity index (χ2n) is 4.69. The number of ether oxygens (including phenoxy) is 1. The van der Waals surface area contributed by atoms with Crippen LogP contribution in [0.5, 0.6) is 0 Å². The van der Waals surface area contributed by atoms with Crippen LogP contribution in [0.4, 0.5) is 0 Å². The molecule has 2 heterocycles. The van der Waals surface area contributed by atoms with Crippen LogP contribution >= 0.6 is 11.8 Å². The van der Waals surface area contributed by atoms with Crippen molar-refractivity contribution in [2.75, 3.05) is 38.3 Å². The lowest BCUT2D eigenvalue weighted by atomic mass is 10.1. The lowest BCUT2D eigenvalue weighted by Gasteiger charge is -2.30. The number of hydrogen-bond donors (Lipinski definition) is 1. The van der Waals surface area contributed by atoms with E-state index in [1.165, 1.54) is 5.75 Å². The molecule has 1 N–H and O–H groups in total. The minimum absolute atomic E-state index is 0.0532. The van der Waals surface area contributed by atoms with Gasteiger partial charge in [0, 0.05) is 25.4 Å². The first-order chi connectivity index (χ1) is 8.33. The van der Waals surface area contributed by atoms with Gasteiger partial charge in [0.25, 0.3) is 0 Å². The molecule has 0 aliphatic carbocycles. The van der Waals surface area contributed by atoms with E-state index < -0.39 is 0 Å². The van der Waals surface area contributed by atoms with Gasteiger partial charge in [0.15, 0.2) is 0 Å². The van der Waals surface area contributed by atoms with E-state index >= 15 is 0 Å². The zero-order chi connectivity index (χ0) is 12.1. The van der Waals surface area contributed by atoms with Crippen molar-refractivity contribution < 1.29 is 9.53 Å². The summed E-state index contributed by atoms with van der Waals surface area (Å²) >= 11 is 1.95. The largest absolute Gasteiger partial charge is 0.383 e. The van der Waals surface area contributed by atoms with Crippen LogP contribution in [0.3, 0.4) is 0 Å². The molecule has 0 spiro atoms. The molecule has 0 aromatic carbocycles. The van der Waals surface area contributed by atoms with E-state index in [4.69, 9.17) is 4.74 Å². The smallest absolute Gasteiger partial charge is 0.240 e. The number of carbonyl (C=O) groups excluding carboxylic acids is 1. The highest BCUT2D eigenvalue weighted by Crippen LogP contribution is 2.23. The molecule has 0 radical (unpaired) electrons. The highest BCUT2D eigenvalue weighted by atomic mass is 32.2. The molecule has 4 nitrogen and oxygen atoms in total. The van der Waals surface area contributed by atoms with Crippen molar-refractivity contribution in [3.8, 4) is 0 Å². The maximum atomic E-state index is 12.4. The SMILES string of the molecule is COCCN(C(=O)C1CCCN1)C1CCSC1. The summed E-state index contributed by atoms with van der Waals surface area (Å²) in [5, 5.41) is 3.30. The summed E-state index contributed by atoms with van der Waals surface area (Å²) in [5.41, 5.74) is 0. The molecule has 1 amide bonds. The molecular weight excluding hydrogens is 236 g/mol. The molecule has 2 aliphatic heterocycles. The third-order valence-electron chi connectivity index (χ3n) is 3.52. The van der Waals surface area contributed by atoms with Crippen molar-refractivity contribution in [1.29, 1.82) is 0 Å². The van der Waals surface area contributed by atoms with Gasteiger partial charge in [-0.15, -0.1) is 0 Å². The minimum Gasteiger partial charge on any atom is -0.383 e. The summed E-state index contributed by atoms with van der Waals surface area (Å²) in [4.78, 5) is 14.5. The number of thioether (sulfide) groups is 1. The van der Waals surface area contributed by atoms with Crippen LogP contribution in [0.15, 0.2) is 0 Å². The first kappa shape index (κ1) is 13.2. The molecule has 2 unspecified atom stereocenters. The minimum atomic E-state index is 0.0532. The normalized spacial score (nSPS) is 28.5. The van der Waals surface area contributed by atoms with E-state index in [9.17, 15) is 4.79 Å². The Kier molecular flexibility index (Phi) is 5.13. The fraction of sp³-hybridized carbons (Fsp3) is 0.917. The van der Waals surface area contributed by atoms with Gasteiger partial charge < -0.3 is 15.0 Å². The van der Waals surface area contributed by atoms with Crippen LogP contribution in [0.25, 0.3) is 0 Å². The topological polar surface area (TPSA) is 41.6 Å². The van der Waals surface area contributed by atoms with E-state index in [0.29, 0.717) is 12.6 Å². The first-order valence-electron chi connectivity index (χ1n) is 6.43. The molecule has 98 valence electrons. The number of nitrogens with one attached hydrogen (secondary N) is 1. The fourth-order valence-corrected chi connectivity index (χ4v) is 3.75. The van der Waals surface area contributed by atoms with E-state index in [2.05, 4.69) is 5.32 Å². The van der Waals surface area contributed by atoms with Crippen molar-refractivity contribution in [2.45, 2.75) is 31.3 Å². The molecule has 0 aromatic rings. The maximum absolute atomic E-state index is 12.4. The molecule has 2 saturated heterocycles. The predicted molar refractivity (Wildman–Crippen MR) is 70.3 cm³/mol. The number of nitrogens with zero attached hydrogens (tertiary/aromatic N) is 1. The number of amides is 1. The highest BCUT2D eigenvalue weighted by molar-refractivity contribution is 7.99. The molecule has 17 heavy (non-hydrogen) atoms. The molecule has 2 atom stereocenters. The Balaban J connectivity index is 1.94. The monoisotopic (exact) mass is 258 g/mol. The maximum Gasteiger partial charge on any atom is 0.240 e. The van der Waals surface area contributed by atoms with Gasteiger partial charge in [-0.05, 0) is 31.6 Å². The second-order valence-corrected chi connectivity index (χ2v) is 5.84. The summed E-state index contributed by atoms with van der Waals surface area (Å²) in [7, 11) is 1.69. The molecule has 0 saturated carbocycles. The summed E-state index contributed by atoms with van der Waals surface area (Å²) in [6, 6.07) is 0.475. The van der Waals surface area contributed by atoms with E-state index in [1.54, 1.807) is 7.11 Å². The lowest BCUT2D eigenvalue weighted by Crippen LogP contribution is -2.49. The second kappa shape index (κ2) is 6.61. The number of carbonyl (C=O) groups is 1. The molecule has 2 aliphatic rings. The number of hydrogen-bond acceptors (Lipinski definition) is 4. The van der Waals surface area contributed by atoms with E-state index in [0.717, 1.165) is 38.1 Å². The van der Waals surface area contributed by atoms with Gasteiger partial charge in [-0.2, -0.15) is 11.8 Å². The third-order valence-corrected chi connectivity index (χ3v) is 4.67. The number of rotatable bonds is 5. The third kappa shape index (κ3) is 3.36. The van der Waals surface area contributed by atoms with E-state index in [-0.39, 0.29) is 11.9 Å². The van der Waals surface area contributed by atoms with Crippen LogP contribution < -0.4 is 5.32 Å². The van der Waals surface area contributed by atoms with Gasteiger partial charge in [0.2, 0.25) is 5.91 Å². The Hall–Kier alpha value is -0.260. The molecule has 2 rings (SSSR count). The Labute approximate surface area is 107 Å². The van der Waals surface area contributed by atoms with Crippen molar-refractivity contribution in [3.05, 3.63) is 0 Å². The highest BCUT2D eigenvalue weighted by Gasteiger charge is 2.32. The summed E-state index contributed by atoms with van der Waals surface area (Å²) in [6.07, 6.45) is 3.24. The van der Waals surface area contributed by atoms with Gasteiger partial charge in [-0.25, -0.2) is 0 Å². The van der Waals surface area contributed by atoms with E-state index in [1.807, 2.05) is 16.7 Å². The van der Waals surface area contributed by atoms with Gasteiger partial charge in [-0.1, -0.05) is 0 Å². The summed E-state index contributed by atoms with van der Waals surface area (Å²) in [5.74, 6) is 2.55. The standard InChI is InChI=1S/C12H22N2O2S/c1-16-7-6-14(10-4-8-17-9-10)12(15)11-3-2-5-13-11/h10-11,13H,2-9H2,1H3. The van der Waals surface area contributed by atoms with Crippen molar-refractivity contribution in [2.24, 2.45) is 0 Å². The summed E-state index contributed by atoms with van der Waals surface area (Å²) in [6.45, 7) is 2.35. The molecular formula is C12H22N2O2S. The molecule has 5 heteroatoms. The Bertz CT molecular complexity index is 251. The quantitative estimate of drug-likeness (QED) is 0.789. The zero-order valence-electron chi connectivity index (χ0n) is 10.5. The van der Waals surface area contributed by atoms with Crippen LogP contribution in [0, 0.1) is 0 Å². The lowest BCUT2D eigenvalue weighted by molar-refractivity contribution is -0.135. The van der Waals surface area contributed by atoms with Crippen LogP contribution in [-0.2, 0) is 9.53 Å². The van der Waals surface area contributed by atoms with Crippen molar-refractivity contribution >= 4 is 17.7 Å².